The number of anilines is 2. The summed E-state index contributed by atoms with van der Waals surface area (Å²) in [6.07, 6.45) is 0. The zero-order valence-corrected chi connectivity index (χ0v) is 16.0. The van der Waals surface area contributed by atoms with Gasteiger partial charge in [0.25, 0.3) is 5.89 Å². The maximum Gasteiger partial charge on any atom is 0.282 e. The topological polar surface area (TPSA) is 125 Å². The van der Waals surface area contributed by atoms with E-state index < -0.39 is 0 Å². The summed E-state index contributed by atoms with van der Waals surface area (Å²) in [6.45, 7) is 3.85. The molecule has 0 fully saturated rings. The standard InChI is InChI=1S/C20H19N7O2/c1-12-8-13(2)10-15(9-12)22-16(28)11-27-18(21)17(24-26-27)20-23-19(25-29-20)14-6-4-3-5-7-14/h3-10H,11,21H2,1-2H3,(H,22,28). The Hall–Kier alpha value is -4.01. The molecule has 4 aromatic rings. The second-order valence-corrected chi connectivity index (χ2v) is 6.69. The number of amides is 1. The number of carbonyl (C=O) groups excluding carboxylic acids is 1. The monoisotopic (exact) mass is 389 g/mol. The van der Waals surface area contributed by atoms with Gasteiger partial charge >= 0.3 is 0 Å². The highest BCUT2D eigenvalue weighted by atomic mass is 16.5. The van der Waals surface area contributed by atoms with Crippen LogP contribution in [0.1, 0.15) is 11.1 Å². The van der Waals surface area contributed by atoms with Crippen LogP contribution in [-0.4, -0.2) is 31.0 Å². The number of nitrogen functional groups attached to an aromatic ring is 1. The minimum absolute atomic E-state index is 0.0918. The first-order valence-corrected chi connectivity index (χ1v) is 8.96. The van der Waals surface area contributed by atoms with Gasteiger partial charge in [-0.15, -0.1) is 5.10 Å². The molecule has 0 saturated carbocycles. The van der Waals surface area contributed by atoms with E-state index in [-0.39, 0.29) is 29.9 Å². The molecular formula is C20H19N7O2. The third-order valence-corrected chi connectivity index (χ3v) is 4.23. The number of aromatic nitrogens is 5. The van der Waals surface area contributed by atoms with Crippen molar-refractivity contribution in [2.75, 3.05) is 11.1 Å². The maximum absolute atomic E-state index is 12.4. The van der Waals surface area contributed by atoms with Crippen LogP contribution < -0.4 is 11.1 Å². The number of hydrogen-bond donors (Lipinski definition) is 2. The third-order valence-electron chi connectivity index (χ3n) is 4.23. The van der Waals surface area contributed by atoms with E-state index in [0.717, 1.165) is 22.4 Å². The lowest BCUT2D eigenvalue weighted by molar-refractivity contribution is -0.116. The van der Waals surface area contributed by atoms with Crippen molar-refractivity contribution in [1.29, 1.82) is 0 Å². The molecule has 2 aromatic heterocycles. The molecule has 0 radical (unpaired) electrons. The zero-order chi connectivity index (χ0) is 20.4. The predicted octanol–water partition coefficient (Wildman–Crippen LogP) is 2.83. The maximum atomic E-state index is 12.4. The van der Waals surface area contributed by atoms with E-state index in [2.05, 4.69) is 25.8 Å². The number of nitrogens with zero attached hydrogens (tertiary/aromatic N) is 5. The quantitative estimate of drug-likeness (QED) is 0.537. The molecule has 3 N–H and O–H groups in total. The number of aryl methyl sites for hydroxylation is 2. The van der Waals surface area contributed by atoms with Gasteiger partial charge in [0.1, 0.15) is 6.54 Å². The molecule has 2 aromatic carbocycles. The van der Waals surface area contributed by atoms with E-state index in [1.807, 2.05) is 62.4 Å². The Morgan fingerprint density at radius 2 is 1.86 bits per heavy atom. The summed E-state index contributed by atoms with van der Waals surface area (Å²) in [7, 11) is 0. The van der Waals surface area contributed by atoms with Gasteiger partial charge in [0.15, 0.2) is 11.5 Å². The molecule has 0 atom stereocenters. The normalized spacial score (nSPS) is 10.8. The fourth-order valence-electron chi connectivity index (χ4n) is 3.00. The van der Waals surface area contributed by atoms with Crippen LogP contribution in [0, 0.1) is 13.8 Å². The van der Waals surface area contributed by atoms with E-state index in [0.29, 0.717) is 5.82 Å². The molecule has 9 heteroatoms. The Morgan fingerprint density at radius 3 is 2.59 bits per heavy atom. The van der Waals surface area contributed by atoms with Gasteiger partial charge in [-0.3, -0.25) is 4.79 Å². The van der Waals surface area contributed by atoms with Crippen molar-refractivity contribution in [2.24, 2.45) is 0 Å². The summed E-state index contributed by atoms with van der Waals surface area (Å²) in [4.78, 5) is 16.7. The van der Waals surface area contributed by atoms with Gasteiger partial charge < -0.3 is 15.6 Å². The van der Waals surface area contributed by atoms with Crippen molar-refractivity contribution in [2.45, 2.75) is 20.4 Å². The summed E-state index contributed by atoms with van der Waals surface area (Å²) in [5.74, 6) is 0.460. The van der Waals surface area contributed by atoms with Crippen LogP contribution in [0.2, 0.25) is 0 Å². The number of nitrogens with two attached hydrogens (primary N) is 1. The first-order valence-electron chi connectivity index (χ1n) is 8.96. The fraction of sp³-hybridized carbons (Fsp3) is 0.150. The Balaban J connectivity index is 1.50. The number of carbonyl (C=O) groups is 1. The van der Waals surface area contributed by atoms with Crippen LogP contribution >= 0.6 is 0 Å². The van der Waals surface area contributed by atoms with Gasteiger partial charge in [-0.2, -0.15) is 4.98 Å². The molecule has 2 heterocycles. The first-order chi connectivity index (χ1) is 14.0. The Labute approximate surface area is 166 Å². The van der Waals surface area contributed by atoms with Gasteiger partial charge in [0, 0.05) is 11.3 Å². The molecule has 29 heavy (non-hydrogen) atoms. The van der Waals surface area contributed by atoms with Crippen molar-refractivity contribution in [1.82, 2.24) is 25.1 Å². The molecule has 4 rings (SSSR count). The van der Waals surface area contributed by atoms with Crippen LogP contribution in [0.25, 0.3) is 23.0 Å². The van der Waals surface area contributed by atoms with Crippen molar-refractivity contribution >= 4 is 17.4 Å². The lowest BCUT2D eigenvalue weighted by atomic mass is 10.1. The van der Waals surface area contributed by atoms with Gasteiger partial charge in [-0.1, -0.05) is 46.8 Å². The second-order valence-electron chi connectivity index (χ2n) is 6.69. The van der Waals surface area contributed by atoms with Crippen LogP contribution in [0.4, 0.5) is 11.5 Å². The fourth-order valence-corrected chi connectivity index (χ4v) is 3.00. The predicted molar refractivity (Wildman–Crippen MR) is 108 cm³/mol. The largest absolute Gasteiger partial charge is 0.382 e. The summed E-state index contributed by atoms with van der Waals surface area (Å²) in [5, 5.41) is 14.7. The van der Waals surface area contributed by atoms with Gasteiger partial charge in [0.05, 0.1) is 0 Å². The molecule has 0 spiro atoms. The number of rotatable bonds is 5. The molecule has 146 valence electrons. The molecular weight excluding hydrogens is 370 g/mol. The molecule has 0 aliphatic heterocycles. The highest BCUT2D eigenvalue weighted by molar-refractivity contribution is 5.91. The lowest BCUT2D eigenvalue weighted by Crippen LogP contribution is -2.20. The first kappa shape index (κ1) is 18.4. The van der Waals surface area contributed by atoms with E-state index in [1.165, 1.54) is 4.68 Å². The molecule has 0 bridgehead atoms. The molecule has 0 unspecified atom stereocenters. The minimum atomic E-state index is -0.270. The summed E-state index contributed by atoms with van der Waals surface area (Å²) in [5.41, 5.74) is 9.99. The zero-order valence-electron chi connectivity index (χ0n) is 16.0. The van der Waals surface area contributed by atoms with E-state index in [1.54, 1.807) is 0 Å². The van der Waals surface area contributed by atoms with Gasteiger partial charge in [-0.05, 0) is 37.1 Å². The summed E-state index contributed by atoms with van der Waals surface area (Å²) >= 11 is 0. The highest BCUT2D eigenvalue weighted by Gasteiger charge is 2.20. The second kappa shape index (κ2) is 7.55. The smallest absolute Gasteiger partial charge is 0.282 e. The summed E-state index contributed by atoms with van der Waals surface area (Å²) in [6, 6.07) is 15.2. The average molecular weight is 389 g/mol. The van der Waals surface area contributed by atoms with Crippen molar-refractivity contribution in [3.63, 3.8) is 0 Å². The lowest BCUT2D eigenvalue weighted by Gasteiger charge is -2.08. The number of nitrogens with one attached hydrogen (secondary N) is 1. The Kier molecular flexibility index (Phi) is 4.78. The SMILES string of the molecule is Cc1cc(C)cc(NC(=O)Cn2nnc(-c3nc(-c4ccccc4)no3)c2N)c1. The molecule has 0 saturated heterocycles. The van der Waals surface area contributed by atoms with Crippen molar-refractivity contribution in [3.05, 3.63) is 59.7 Å². The number of hydrogen-bond acceptors (Lipinski definition) is 7. The van der Waals surface area contributed by atoms with Crippen LogP contribution in [0.15, 0.2) is 53.1 Å². The Bertz CT molecular complexity index is 1140. The van der Waals surface area contributed by atoms with Crippen LogP contribution in [-0.2, 0) is 11.3 Å². The average Bonchev–Trinajstić information content (AvgIpc) is 3.29. The molecule has 0 aliphatic carbocycles. The van der Waals surface area contributed by atoms with Gasteiger partial charge in [0.2, 0.25) is 11.7 Å². The molecule has 1 amide bonds. The third kappa shape index (κ3) is 3.98. The van der Waals surface area contributed by atoms with Crippen LogP contribution in [0.5, 0.6) is 0 Å². The van der Waals surface area contributed by atoms with Crippen molar-refractivity contribution in [3.8, 4) is 23.0 Å². The number of benzene rings is 2. The van der Waals surface area contributed by atoms with E-state index >= 15 is 0 Å². The van der Waals surface area contributed by atoms with E-state index in [4.69, 9.17) is 10.3 Å². The summed E-state index contributed by atoms with van der Waals surface area (Å²) < 4.78 is 6.56. The van der Waals surface area contributed by atoms with Crippen LogP contribution in [0.3, 0.4) is 0 Å². The highest BCUT2D eigenvalue weighted by Crippen LogP contribution is 2.24. The molecule has 0 aliphatic rings. The van der Waals surface area contributed by atoms with Crippen molar-refractivity contribution < 1.29 is 9.32 Å². The Morgan fingerprint density at radius 1 is 1.14 bits per heavy atom. The molecule has 9 nitrogen and oxygen atoms in total. The minimum Gasteiger partial charge on any atom is -0.382 e. The van der Waals surface area contributed by atoms with Gasteiger partial charge in [-0.25, -0.2) is 4.68 Å². The van der Waals surface area contributed by atoms with E-state index in [9.17, 15) is 4.79 Å².